The van der Waals surface area contributed by atoms with Gasteiger partial charge >= 0.3 is 0 Å². The smallest absolute Gasteiger partial charge is 0.0548 e. The van der Waals surface area contributed by atoms with Gasteiger partial charge in [-0.15, -0.1) is 0 Å². The molecule has 1 fully saturated rings. The van der Waals surface area contributed by atoms with Crippen molar-refractivity contribution in [3.63, 3.8) is 0 Å². The van der Waals surface area contributed by atoms with Crippen LogP contribution in [0.3, 0.4) is 0 Å². The summed E-state index contributed by atoms with van der Waals surface area (Å²) in [5, 5.41) is 4.16. The van der Waals surface area contributed by atoms with E-state index in [1.807, 2.05) is 24.0 Å². The Labute approximate surface area is 95.4 Å². The van der Waals surface area contributed by atoms with Crippen molar-refractivity contribution in [3.8, 4) is 0 Å². The Kier molecular flexibility index (Phi) is 3.70. The van der Waals surface area contributed by atoms with E-state index in [4.69, 9.17) is 5.73 Å². The van der Waals surface area contributed by atoms with Crippen molar-refractivity contribution in [2.45, 2.75) is 25.3 Å². The second kappa shape index (κ2) is 5.03. The van der Waals surface area contributed by atoms with Gasteiger partial charge in [-0.05, 0) is 42.8 Å². The van der Waals surface area contributed by atoms with Crippen LogP contribution in [-0.2, 0) is 7.05 Å². The van der Waals surface area contributed by atoms with Gasteiger partial charge in [-0.1, -0.05) is 0 Å². The second-order valence-electron chi connectivity index (χ2n) is 4.28. The average molecular weight is 225 g/mol. The summed E-state index contributed by atoms with van der Waals surface area (Å²) in [7, 11) is 1.96. The molecule has 3 nitrogen and oxygen atoms in total. The summed E-state index contributed by atoms with van der Waals surface area (Å²) < 4.78 is 1.89. The Hall–Kier alpha value is -0.480. The quantitative estimate of drug-likeness (QED) is 0.855. The fourth-order valence-corrected chi connectivity index (χ4v) is 3.41. The van der Waals surface area contributed by atoms with Gasteiger partial charge in [0.1, 0.15) is 0 Å². The molecule has 1 aliphatic heterocycles. The van der Waals surface area contributed by atoms with Gasteiger partial charge in [-0.3, -0.25) is 4.68 Å². The maximum Gasteiger partial charge on any atom is 0.0548 e. The molecule has 0 aromatic carbocycles. The minimum Gasteiger partial charge on any atom is -0.323 e. The lowest BCUT2D eigenvalue weighted by molar-refractivity contribution is 0.402. The van der Waals surface area contributed by atoms with Crippen LogP contribution in [0.4, 0.5) is 0 Å². The molecule has 0 bridgehead atoms. The summed E-state index contributed by atoms with van der Waals surface area (Å²) >= 11 is 2.07. The highest BCUT2D eigenvalue weighted by molar-refractivity contribution is 7.99. The van der Waals surface area contributed by atoms with Crippen LogP contribution >= 0.6 is 11.8 Å². The Morgan fingerprint density at radius 2 is 2.33 bits per heavy atom. The third-order valence-corrected chi connectivity index (χ3v) is 4.22. The molecule has 0 saturated carbocycles. The zero-order chi connectivity index (χ0) is 10.7. The van der Waals surface area contributed by atoms with Crippen molar-refractivity contribution >= 4 is 11.8 Å². The Bertz CT molecular complexity index is 305. The molecule has 0 aliphatic carbocycles. The molecule has 1 unspecified atom stereocenters. The summed E-state index contributed by atoms with van der Waals surface area (Å²) in [5.41, 5.74) is 7.36. The van der Waals surface area contributed by atoms with Crippen LogP contribution in [-0.4, -0.2) is 21.3 Å². The van der Waals surface area contributed by atoms with Crippen LogP contribution in [0.1, 0.15) is 31.0 Å². The topological polar surface area (TPSA) is 43.8 Å². The first-order valence-corrected chi connectivity index (χ1v) is 6.74. The highest BCUT2D eigenvalue weighted by Gasteiger charge is 2.19. The zero-order valence-electron chi connectivity index (χ0n) is 9.22. The van der Waals surface area contributed by atoms with Crippen LogP contribution in [0.15, 0.2) is 12.3 Å². The molecule has 2 N–H and O–H groups in total. The molecule has 84 valence electrons. The first-order chi connectivity index (χ1) is 7.27. The van der Waals surface area contributed by atoms with Gasteiger partial charge in [-0.25, -0.2) is 0 Å². The summed E-state index contributed by atoms with van der Waals surface area (Å²) in [4.78, 5) is 0. The van der Waals surface area contributed by atoms with Crippen molar-refractivity contribution in [3.05, 3.63) is 18.0 Å². The highest BCUT2D eigenvalue weighted by Crippen LogP contribution is 2.29. The molecular formula is C11H19N3S. The Balaban J connectivity index is 1.91. The molecule has 0 spiro atoms. The molecular weight excluding hydrogens is 206 g/mol. The fraction of sp³-hybridized carbons (Fsp3) is 0.727. The molecule has 2 rings (SSSR count). The molecule has 1 aliphatic rings. The van der Waals surface area contributed by atoms with Crippen molar-refractivity contribution in [2.75, 3.05) is 11.5 Å². The number of aromatic nitrogens is 2. The number of hydrogen-bond donors (Lipinski definition) is 1. The van der Waals surface area contributed by atoms with E-state index in [0.29, 0.717) is 0 Å². The lowest BCUT2D eigenvalue weighted by atomic mass is 9.93. The van der Waals surface area contributed by atoms with Gasteiger partial charge in [0.15, 0.2) is 0 Å². The Morgan fingerprint density at radius 3 is 2.93 bits per heavy atom. The Morgan fingerprint density at radius 1 is 1.60 bits per heavy atom. The van der Waals surface area contributed by atoms with Crippen LogP contribution < -0.4 is 5.73 Å². The molecule has 0 radical (unpaired) electrons. The standard InChI is InChI=1S/C11H19N3S/c1-14-11(2-5-13-14)10(12)8-9-3-6-15-7-4-9/h2,5,9-10H,3-4,6-8,12H2,1H3. The number of rotatable bonds is 3. The molecule has 1 atom stereocenters. The number of hydrogen-bond acceptors (Lipinski definition) is 3. The number of aryl methyl sites for hydroxylation is 1. The van der Waals surface area contributed by atoms with Crippen molar-refractivity contribution in [1.29, 1.82) is 0 Å². The second-order valence-corrected chi connectivity index (χ2v) is 5.50. The lowest BCUT2D eigenvalue weighted by Gasteiger charge is -2.24. The average Bonchev–Trinajstić information content (AvgIpc) is 2.66. The van der Waals surface area contributed by atoms with Crippen LogP contribution in [0.25, 0.3) is 0 Å². The fourth-order valence-electron chi connectivity index (χ4n) is 2.21. The number of nitrogens with zero attached hydrogens (tertiary/aromatic N) is 2. The van der Waals surface area contributed by atoms with Crippen LogP contribution in [0, 0.1) is 5.92 Å². The molecule has 2 heterocycles. The van der Waals surface area contributed by atoms with E-state index in [2.05, 4.69) is 16.9 Å². The van der Waals surface area contributed by atoms with E-state index < -0.39 is 0 Å². The van der Waals surface area contributed by atoms with Gasteiger partial charge in [0.25, 0.3) is 0 Å². The number of nitrogens with two attached hydrogens (primary N) is 1. The predicted molar refractivity (Wildman–Crippen MR) is 64.8 cm³/mol. The lowest BCUT2D eigenvalue weighted by Crippen LogP contribution is -2.20. The minimum atomic E-state index is 0.158. The minimum absolute atomic E-state index is 0.158. The molecule has 4 heteroatoms. The van der Waals surface area contributed by atoms with Crippen LogP contribution in [0.2, 0.25) is 0 Å². The first kappa shape index (κ1) is 11.0. The van der Waals surface area contributed by atoms with Crippen molar-refractivity contribution in [1.82, 2.24) is 9.78 Å². The maximum atomic E-state index is 6.20. The predicted octanol–water partition coefficient (Wildman–Crippen LogP) is 1.95. The van der Waals surface area contributed by atoms with Gasteiger partial charge in [0.05, 0.1) is 5.69 Å². The van der Waals surface area contributed by atoms with Gasteiger partial charge in [0, 0.05) is 19.3 Å². The molecule has 15 heavy (non-hydrogen) atoms. The molecule has 1 aromatic heterocycles. The SMILES string of the molecule is Cn1nccc1C(N)CC1CCSCC1. The van der Waals surface area contributed by atoms with Gasteiger partial charge in [-0.2, -0.15) is 16.9 Å². The third kappa shape index (κ3) is 2.75. The van der Waals surface area contributed by atoms with E-state index in [0.717, 1.165) is 18.0 Å². The third-order valence-electron chi connectivity index (χ3n) is 3.17. The summed E-state index contributed by atoms with van der Waals surface area (Å²) in [6, 6.07) is 2.19. The van der Waals surface area contributed by atoms with E-state index >= 15 is 0 Å². The normalized spacial score (nSPS) is 20.4. The zero-order valence-corrected chi connectivity index (χ0v) is 10.0. The largest absolute Gasteiger partial charge is 0.323 e. The molecule has 1 saturated heterocycles. The van der Waals surface area contributed by atoms with E-state index in [-0.39, 0.29) is 6.04 Å². The van der Waals surface area contributed by atoms with E-state index in [9.17, 15) is 0 Å². The van der Waals surface area contributed by atoms with Crippen LogP contribution in [0.5, 0.6) is 0 Å². The molecule has 1 aromatic rings. The molecule has 0 amide bonds. The van der Waals surface area contributed by atoms with E-state index in [1.54, 1.807) is 0 Å². The summed E-state index contributed by atoms with van der Waals surface area (Å²) in [6.07, 6.45) is 5.60. The summed E-state index contributed by atoms with van der Waals surface area (Å²) in [6.45, 7) is 0. The van der Waals surface area contributed by atoms with Gasteiger partial charge < -0.3 is 5.73 Å². The summed E-state index contributed by atoms with van der Waals surface area (Å²) in [5.74, 6) is 3.43. The van der Waals surface area contributed by atoms with Crippen molar-refractivity contribution < 1.29 is 0 Å². The highest BCUT2D eigenvalue weighted by atomic mass is 32.2. The van der Waals surface area contributed by atoms with Crippen molar-refractivity contribution in [2.24, 2.45) is 18.7 Å². The van der Waals surface area contributed by atoms with Gasteiger partial charge in [0.2, 0.25) is 0 Å². The monoisotopic (exact) mass is 225 g/mol. The first-order valence-electron chi connectivity index (χ1n) is 5.58. The number of thioether (sulfide) groups is 1. The van der Waals surface area contributed by atoms with E-state index in [1.165, 1.54) is 24.3 Å². The maximum absolute atomic E-state index is 6.20.